The smallest absolute Gasteiger partial charge is 0.371 e. The molecule has 0 amide bonds. The maximum atomic E-state index is 12.3. The average molecular weight is 356 g/mol. The minimum atomic E-state index is -3.82. The van der Waals surface area contributed by atoms with Gasteiger partial charge in [-0.1, -0.05) is 6.92 Å². The first kappa shape index (κ1) is 16.2. The van der Waals surface area contributed by atoms with Gasteiger partial charge in [-0.2, -0.15) is 4.31 Å². The lowest BCUT2D eigenvalue weighted by molar-refractivity contribution is 0.0661. The van der Waals surface area contributed by atoms with E-state index in [0.717, 1.165) is 6.07 Å². The second-order valence-electron chi connectivity index (χ2n) is 3.54. The van der Waals surface area contributed by atoms with E-state index in [0.29, 0.717) is 0 Å². The van der Waals surface area contributed by atoms with Crippen molar-refractivity contribution in [2.24, 2.45) is 0 Å². The molecule has 0 saturated heterocycles. The number of furan rings is 1. The van der Waals surface area contributed by atoms with Crippen LogP contribution in [0.3, 0.4) is 0 Å². The molecule has 19 heavy (non-hydrogen) atoms. The third kappa shape index (κ3) is 3.56. The summed E-state index contributed by atoms with van der Waals surface area (Å²) in [6.07, 6.45) is 0. The van der Waals surface area contributed by atoms with Gasteiger partial charge in [0, 0.05) is 26.3 Å². The fourth-order valence-electron chi connectivity index (χ4n) is 1.41. The molecule has 108 valence electrons. The van der Waals surface area contributed by atoms with Gasteiger partial charge in [0.25, 0.3) is 0 Å². The van der Waals surface area contributed by atoms with Gasteiger partial charge in [0.2, 0.25) is 15.8 Å². The summed E-state index contributed by atoms with van der Waals surface area (Å²) in [6, 6.07) is 0.983. The van der Waals surface area contributed by atoms with Gasteiger partial charge in [0.1, 0.15) is 4.90 Å². The van der Waals surface area contributed by atoms with Crippen LogP contribution in [0.4, 0.5) is 0 Å². The monoisotopic (exact) mass is 355 g/mol. The molecule has 9 heteroatoms. The average Bonchev–Trinajstić information content (AvgIpc) is 2.73. The third-order valence-corrected chi connectivity index (χ3v) is 5.21. The van der Waals surface area contributed by atoms with Crippen molar-refractivity contribution in [2.75, 3.05) is 26.8 Å². The standard InChI is InChI=1S/C10H14BrNO6S/c1-3-12(4-5-17-2)19(15,16)8-6-7(10(13)14)18-9(8)11/h6H,3-5H2,1-2H3,(H,13,14). The van der Waals surface area contributed by atoms with Crippen molar-refractivity contribution in [3.05, 3.63) is 16.5 Å². The molecular formula is C10H14BrNO6S. The van der Waals surface area contributed by atoms with E-state index in [1.165, 1.54) is 11.4 Å². The lowest BCUT2D eigenvalue weighted by atomic mass is 10.5. The molecule has 0 aliphatic heterocycles. The van der Waals surface area contributed by atoms with Gasteiger partial charge in [-0.15, -0.1) is 0 Å². The summed E-state index contributed by atoms with van der Waals surface area (Å²) in [5, 5.41) is 8.78. The molecule has 0 fully saturated rings. The van der Waals surface area contributed by atoms with E-state index in [9.17, 15) is 13.2 Å². The molecule has 1 N–H and O–H groups in total. The lowest BCUT2D eigenvalue weighted by Crippen LogP contribution is -2.33. The second kappa shape index (κ2) is 6.51. The van der Waals surface area contributed by atoms with Gasteiger partial charge in [-0.05, 0) is 15.9 Å². The number of carboxylic acid groups (broad SMARTS) is 1. The van der Waals surface area contributed by atoms with E-state index in [1.807, 2.05) is 0 Å². The minimum absolute atomic E-state index is 0.124. The summed E-state index contributed by atoms with van der Waals surface area (Å²) in [5.41, 5.74) is 0. The summed E-state index contributed by atoms with van der Waals surface area (Å²) < 4.78 is 35.4. The quantitative estimate of drug-likeness (QED) is 0.793. The van der Waals surface area contributed by atoms with Crippen molar-refractivity contribution in [3.63, 3.8) is 0 Å². The number of likely N-dealkylation sites (N-methyl/N-ethyl adjacent to an activating group) is 1. The van der Waals surface area contributed by atoms with Crippen LogP contribution in [0, 0.1) is 0 Å². The fraction of sp³-hybridized carbons (Fsp3) is 0.500. The van der Waals surface area contributed by atoms with Crippen LogP contribution in [0.15, 0.2) is 20.0 Å². The number of carbonyl (C=O) groups is 1. The lowest BCUT2D eigenvalue weighted by Gasteiger charge is -2.19. The Morgan fingerprint density at radius 2 is 2.21 bits per heavy atom. The Kier molecular flexibility index (Phi) is 5.53. The molecule has 1 rings (SSSR count). The Hall–Kier alpha value is -0.900. The summed E-state index contributed by atoms with van der Waals surface area (Å²) in [6.45, 7) is 2.34. The number of ether oxygens (including phenoxy) is 1. The first-order chi connectivity index (χ1) is 8.84. The number of hydrogen-bond donors (Lipinski definition) is 1. The Morgan fingerprint density at radius 3 is 2.63 bits per heavy atom. The predicted molar refractivity (Wildman–Crippen MR) is 69.7 cm³/mol. The highest BCUT2D eigenvalue weighted by atomic mass is 79.9. The zero-order valence-corrected chi connectivity index (χ0v) is 12.8. The van der Waals surface area contributed by atoms with Crippen molar-refractivity contribution in [2.45, 2.75) is 11.8 Å². The highest BCUT2D eigenvalue weighted by Crippen LogP contribution is 2.28. The SMILES string of the molecule is CCN(CCOC)S(=O)(=O)c1cc(C(=O)O)oc1Br. The van der Waals surface area contributed by atoms with Crippen molar-refractivity contribution in [1.82, 2.24) is 4.31 Å². The second-order valence-corrected chi connectivity index (χ2v) is 6.17. The summed E-state index contributed by atoms with van der Waals surface area (Å²) in [4.78, 5) is 10.6. The number of rotatable bonds is 7. The Balaban J connectivity index is 3.14. The molecule has 0 spiro atoms. The van der Waals surface area contributed by atoms with E-state index in [-0.39, 0.29) is 29.3 Å². The number of nitrogens with zero attached hydrogens (tertiary/aromatic N) is 1. The fourth-order valence-corrected chi connectivity index (χ4v) is 3.75. The van der Waals surface area contributed by atoms with Gasteiger partial charge in [0.05, 0.1) is 6.61 Å². The van der Waals surface area contributed by atoms with Gasteiger partial charge in [-0.3, -0.25) is 0 Å². The first-order valence-corrected chi connectivity index (χ1v) is 7.59. The summed E-state index contributed by atoms with van der Waals surface area (Å²) in [5.74, 6) is -1.77. The summed E-state index contributed by atoms with van der Waals surface area (Å²) >= 11 is 2.92. The predicted octanol–water partition coefficient (Wildman–Crippen LogP) is 1.40. The number of sulfonamides is 1. The van der Waals surface area contributed by atoms with E-state index in [4.69, 9.17) is 14.3 Å². The van der Waals surface area contributed by atoms with Crippen LogP contribution in [0.25, 0.3) is 0 Å². The van der Waals surface area contributed by atoms with Gasteiger partial charge >= 0.3 is 5.97 Å². The molecule has 0 radical (unpaired) electrons. The molecule has 1 heterocycles. The molecule has 0 atom stereocenters. The summed E-state index contributed by atoms with van der Waals surface area (Å²) in [7, 11) is -2.35. The van der Waals surface area contributed by atoms with Gasteiger partial charge < -0.3 is 14.3 Å². The van der Waals surface area contributed by atoms with Crippen LogP contribution in [-0.4, -0.2) is 50.6 Å². The molecule has 0 aliphatic rings. The number of hydrogen-bond acceptors (Lipinski definition) is 5. The van der Waals surface area contributed by atoms with E-state index in [1.54, 1.807) is 6.92 Å². The van der Waals surface area contributed by atoms with Crippen LogP contribution in [0.5, 0.6) is 0 Å². The molecule has 7 nitrogen and oxygen atoms in total. The van der Waals surface area contributed by atoms with Crippen LogP contribution in [-0.2, 0) is 14.8 Å². The Labute approximate surface area is 119 Å². The van der Waals surface area contributed by atoms with E-state index >= 15 is 0 Å². The molecule has 0 saturated carbocycles. The number of halogens is 1. The number of carboxylic acids is 1. The first-order valence-electron chi connectivity index (χ1n) is 5.36. The van der Waals surface area contributed by atoms with Gasteiger partial charge in [-0.25, -0.2) is 13.2 Å². The van der Waals surface area contributed by atoms with Crippen LogP contribution >= 0.6 is 15.9 Å². The molecular weight excluding hydrogens is 342 g/mol. The van der Waals surface area contributed by atoms with E-state index < -0.39 is 21.8 Å². The Morgan fingerprint density at radius 1 is 1.58 bits per heavy atom. The molecule has 1 aromatic rings. The van der Waals surface area contributed by atoms with Crippen LogP contribution in [0.1, 0.15) is 17.5 Å². The maximum Gasteiger partial charge on any atom is 0.371 e. The van der Waals surface area contributed by atoms with Crippen LogP contribution in [0.2, 0.25) is 0 Å². The normalized spacial score (nSPS) is 12.0. The molecule has 0 aromatic carbocycles. The minimum Gasteiger partial charge on any atom is -0.475 e. The highest BCUT2D eigenvalue weighted by Gasteiger charge is 2.29. The largest absolute Gasteiger partial charge is 0.475 e. The third-order valence-electron chi connectivity index (χ3n) is 2.38. The molecule has 1 aromatic heterocycles. The molecule has 0 bridgehead atoms. The van der Waals surface area contributed by atoms with Crippen molar-refractivity contribution >= 4 is 31.9 Å². The van der Waals surface area contributed by atoms with Gasteiger partial charge in [0.15, 0.2) is 4.67 Å². The highest BCUT2D eigenvalue weighted by molar-refractivity contribution is 9.10. The van der Waals surface area contributed by atoms with Crippen LogP contribution < -0.4 is 0 Å². The van der Waals surface area contributed by atoms with Crippen molar-refractivity contribution < 1.29 is 27.5 Å². The zero-order chi connectivity index (χ0) is 14.6. The maximum absolute atomic E-state index is 12.3. The van der Waals surface area contributed by atoms with E-state index in [2.05, 4.69) is 15.9 Å². The molecule has 0 aliphatic carbocycles. The molecule has 0 unspecified atom stereocenters. The topological polar surface area (TPSA) is 97.0 Å². The zero-order valence-electron chi connectivity index (χ0n) is 10.4. The Bertz CT molecular complexity index is 552. The number of methoxy groups -OCH3 is 1. The van der Waals surface area contributed by atoms with Crippen molar-refractivity contribution in [1.29, 1.82) is 0 Å². The van der Waals surface area contributed by atoms with Crippen molar-refractivity contribution in [3.8, 4) is 0 Å². The number of aromatic carboxylic acids is 1.